The van der Waals surface area contributed by atoms with Crippen LogP contribution in [0.5, 0.6) is 0 Å². The summed E-state index contributed by atoms with van der Waals surface area (Å²) < 4.78 is 0. The van der Waals surface area contributed by atoms with E-state index in [-0.39, 0.29) is 5.91 Å². The Balaban J connectivity index is 1.83. The van der Waals surface area contributed by atoms with E-state index in [1.165, 1.54) is 12.8 Å². The zero-order valence-corrected chi connectivity index (χ0v) is 11.5. The minimum Gasteiger partial charge on any atom is -0.355 e. The number of nitrogens with zero attached hydrogens (tertiary/aromatic N) is 1. The third-order valence-electron chi connectivity index (χ3n) is 4.07. The van der Waals surface area contributed by atoms with Crippen LogP contribution in [-0.2, 0) is 11.2 Å². The maximum Gasteiger partial charge on any atom is 0.226 e. The van der Waals surface area contributed by atoms with Gasteiger partial charge in [-0.05, 0) is 48.8 Å². The van der Waals surface area contributed by atoms with Crippen molar-refractivity contribution >= 4 is 5.91 Å². The van der Waals surface area contributed by atoms with E-state index in [1.54, 1.807) is 6.20 Å². The molecule has 1 aromatic rings. The first-order valence-corrected chi connectivity index (χ1v) is 6.70. The highest BCUT2D eigenvalue weighted by atomic mass is 16.1. The largest absolute Gasteiger partial charge is 0.355 e. The summed E-state index contributed by atoms with van der Waals surface area (Å²) in [6.07, 6.45) is 4.63. The summed E-state index contributed by atoms with van der Waals surface area (Å²) >= 11 is 0. The lowest BCUT2D eigenvalue weighted by Gasteiger charge is -2.19. The topological polar surface area (TPSA) is 42.0 Å². The molecular weight excluding hydrogens is 224 g/mol. The van der Waals surface area contributed by atoms with E-state index in [0.29, 0.717) is 17.8 Å². The van der Waals surface area contributed by atoms with Crippen molar-refractivity contribution in [2.75, 3.05) is 6.54 Å². The molecule has 1 amide bonds. The molecule has 1 N–H and O–H groups in total. The molecule has 1 heterocycles. The van der Waals surface area contributed by atoms with Crippen LogP contribution < -0.4 is 5.32 Å². The van der Waals surface area contributed by atoms with Crippen molar-refractivity contribution in [1.82, 2.24) is 10.3 Å². The Labute approximate surface area is 109 Å². The molecule has 1 aliphatic carbocycles. The van der Waals surface area contributed by atoms with Gasteiger partial charge in [0.2, 0.25) is 5.91 Å². The first-order chi connectivity index (χ1) is 8.52. The number of pyridine rings is 1. The first-order valence-electron chi connectivity index (χ1n) is 6.70. The molecule has 0 bridgehead atoms. The predicted octanol–water partition coefficient (Wildman–Crippen LogP) is 2.48. The van der Waals surface area contributed by atoms with Crippen molar-refractivity contribution in [2.24, 2.45) is 11.3 Å². The second kappa shape index (κ2) is 5.09. The molecule has 1 fully saturated rings. The molecule has 0 aliphatic heterocycles. The molecule has 0 aromatic carbocycles. The number of rotatable bonds is 5. The summed E-state index contributed by atoms with van der Waals surface area (Å²) in [6, 6.07) is 3.91. The monoisotopic (exact) mass is 246 g/mol. The van der Waals surface area contributed by atoms with Crippen molar-refractivity contribution in [3.63, 3.8) is 0 Å². The summed E-state index contributed by atoms with van der Waals surface area (Å²) in [5.41, 5.74) is 2.37. The predicted molar refractivity (Wildman–Crippen MR) is 72.2 cm³/mol. The van der Waals surface area contributed by atoms with Crippen molar-refractivity contribution in [3.05, 3.63) is 29.6 Å². The number of nitrogens with one attached hydrogen (secondary N) is 1. The molecule has 2 rings (SSSR count). The summed E-state index contributed by atoms with van der Waals surface area (Å²) in [6.45, 7) is 7.30. The van der Waals surface area contributed by atoms with Gasteiger partial charge < -0.3 is 5.32 Å². The van der Waals surface area contributed by atoms with E-state index in [1.807, 2.05) is 19.1 Å². The molecule has 3 nitrogen and oxygen atoms in total. The highest BCUT2D eigenvalue weighted by molar-refractivity contribution is 5.78. The Morgan fingerprint density at radius 3 is 2.78 bits per heavy atom. The molecule has 0 radical (unpaired) electrons. The Hall–Kier alpha value is -1.38. The van der Waals surface area contributed by atoms with Crippen molar-refractivity contribution < 1.29 is 4.79 Å². The van der Waals surface area contributed by atoms with Crippen LogP contribution in [0, 0.1) is 18.3 Å². The zero-order valence-electron chi connectivity index (χ0n) is 11.5. The van der Waals surface area contributed by atoms with Crippen LogP contribution in [0.3, 0.4) is 0 Å². The second-order valence-corrected chi connectivity index (χ2v) is 5.80. The maximum atomic E-state index is 11.9. The molecule has 1 saturated carbocycles. The van der Waals surface area contributed by atoms with Gasteiger partial charge >= 0.3 is 0 Å². The molecule has 1 aliphatic rings. The van der Waals surface area contributed by atoms with Gasteiger partial charge in [0.1, 0.15) is 0 Å². The minimum absolute atomic E-state index is 0.0834. The minimum atomic E-state index is 0.0834. The van der Waals surface area contributed by atoms with Crippen molar-refractivity contribution in [2.45, 2.75) is 40.0 Å². The summed E-state index contributed by atoms with van der Waals surface area (Å²) in [4.78, 5) is 16.1. The standard InChI is InChI=1S/C15H22N2O/c1-11(2)15(5-6-15)10-17-14(18)9-13-8-12(3)4-7-16-13/h4,7-8,11H,5-6,9-10H2,1-3H3,(H,17,18). The molecular formula is C15H22N2O. The van der Waals surface area contributed by atoms with Crippen molar-refractivity contribution in [3.8, 4) is 0 Å². The highest BCUT2D eigenvalue weighted by Crippen LogP contribution is 2.51. The molecule has 0 saturated heterocycles. The van der Waals surface area contributed by atoms with E-state index in [9.17, 15) is 4.79 Å². The van der Waals surface area contributed by atoms with Gasteiger partial charge in [0, 0.05) is 18.4 Å². The van der Waals surface area contributed by atoms with E-state index in [0.717, 1.165) is 17.8 Å². The fourth-order valence-corrected chi connectivity index (χ4v) is 2.32. The molecule has 0 spiro atoms. The number of hydrogen-bond donors (Lipinski definition) is 1. The molecule has 0 atom stereocenters. The fourth-order valence-electron chi connectivity index (χ4n) is 2.32. The van der Waals surface area contributed by atoms with Crippen LogP contribution in [0.25, 0.3) is 0 Å². The number of hydrogen-bond acceptors (Lipinski definition) is 2. The lowest BCUT2D eigenvalue weighted by Crippen LogP contribution is -2.33. The van der Waals surface area contributed by atoms with Crippen LogP contribution >= 0.6 is 0 Å². The van der Waals surface area contributed by atoms with Gasteiger partial charge in [-0.1, -0.05) is 13.8 Å². The quantitative estimate of drug-likeness (QED) is 0.867. The SMILES string of the molecule is Cc1ccnc(CC(=O)NCC2(C(C)C)CC2)c1. The van der Waals surface area contributed by atoms with Gasteiger partial charge in [0.05, 0.1) is 6.42 Å². The third-order valence-corrected chi connectivity index (χ3v) is 4.07. The van der Waals surface area contributed by atoms with Gasteiger partial charge in [0.25, 0.3) is 0 Å². The lowest BCUT2D eigenvalue weighted by atomic mass is 9.92. The summed E-state index contributed by atoms with van der Waals surface area (Å²) in [5.74, 6) is 0.731. The normalized spacial score (nSPS) is 16.7. The highest BCUT2D eigenvalue weighted by Gasteiger charge is 2.45. The van der Waals surface area contributed by atoms with Crippen LogP contribution in [0.15, 0.2) is 18.3 Å². The van der Waals surface area contributed by atoms with Gasteiger partial charge in [-0.25, -0.2) is 0 Å². The van der Waals surface area contributed by atoms with E-state index >= 15 is 0 Å². The number of aryl methyl sites for hydroxylation is 1. The van der Waals surface area contributed by atoms with Crippen LogP contribution in [0.1, 0.15) is 37.9 Å². The van der Waals surface area contributed by atoms with Crippen LogP contribution in [0.2, 0.25) is 0 Å². The zero-order chi connectivity index (χ0) is 13.2. The van der Waals surface area contributed by atoms with E-state index in [4.69, 9.17) is 0 Å². The molecule has 18 heavy (non-hydrogen) atoms. The van der Waals surface area contributed by atoms with Crippen LogP contribution in [-0.4, -0.2) is 17.4 Å². The van der Waals surface area contributed by atoms with E-state index in [2.05, 4.69) is 24.1 Å². The maximum absolute atomic E-state index is 11.9. The van der Waals surface area contributed by atoms with Crippen LogP contribution in [0.4, 0.5) is 0 Å². The van der Waals surface area contributed by atoms with Crippen molar-refractivity contribution in [1.29, 1.82) is 0 Å². The first kappa shape index (κ1) is 13.1. The number of carbonyl (C=O) groups excluding carboxylic acids is 1. The lowest BCUT2D eigenvalue weighted by molar-refractivity contribution is -0.120. The van der Waals surface area contributed by atoms with Gasteiger partial charge in [0.15, 0.2) is 0 Å². The molecule has 0 unspecified atom stereocenters. The summed E-state index contributed by atoms with van der Waals surface area (Å²) in [5, 5.41) is 3.06. The fraction of sp³-hybridized carbons (Fsp3) is 0.600. The smallest absolute Gasteiger partial charge is 0.226 e. The molecule has 1 aromatic heterocycles. The van der Waals surface area contributed by atoms with Gasteiger partial charge in [-0.2, -0.15) is 0 Å². The Morgan fingerprint density at radius 2 is 2.22 bits per heavy atom. The second-order valence-electron chi connectivity index (χ2n) is 5.80. The van der Waals surface area contributed by atoms with Gasteiger partial charge in [-0.15, -0.1) is 0 Å². The van der Waals surface area contributed by atoms with Gasteiger partial charge in [-0.3, -0.25) is 9.78 Å². The number of amides is 1. The Kier molecular flexibility index (Phi) is 3.69. The third kappa shape index (κ3) is 3.09. The molecule has 3 heteroatoms. The Bertz CT molecular complexity index is 436. The van der Waals surface area contributed by atoms with E-state index < -0.39 is 0 Å². The number of carbonyl (C=O) groups is 1. The average molecular weight is 246 g/mol. The summed E-state index contributed by atoms with van der Waals surface area (Å²) in [7, 11) is 0. The Morgan fingerprint density at radius 1 is 1.50 bits per heavy atom. The average Bonchev–Trinajstić information content (AvgIpc) is 3.07. The molecule has 98 valence electrons. The number of aromatic nitrogens is 1.